The summed E-state index contributed by atoms with van der Waals surface area (Å²) in [6.07, 6.45) is 7.23. The fourth-order valence-corrected chi connectivity index (χ4v) is 5.16. The van der Waals surface area contributed by atoms with Gasteiger partial charge < -0.3 is 15.7 Å². The average molecular weight is 410 g/mol. The summed E-state index contributed by atoms with van der Waals surface area (Å²) in [5.41, 5.74) is 0.103. The Hall–Kier alpha value is -1.60. The van der Waals surface area contributed by atoms with E-state index in [-0.39, 0.29) is 17.8 Å². The molecule has 1 fully saturated rings. The van der Waals surface area contributed by atoms with Gasteiger partial charge in [-0.15, -0.1) is 0 Å². The first-order valence-corrected chi connectivity index (χ1v) is 12.1. The molecule has 0 heterocycles. The third-order valence-corrected chi connectivity index (χ3v) is 7.27. The number of aliphatic hydroxyl groups is 1. The van der Waals surface area contributed by atoms with E-state index in [1.54, 1.807) is 24.3 Å². The van der Waals surface area contributed by atoms with Crippen LogP contribution >= 0.6 is 0 Å². The van der Waals surface area contributed by atoms with Gasteiger partial charge in [0.05, 0.1) is 10.6 Å². The van der Waals surface area contributed by atoms with Crippen molar-refractivity contribution in [3.8, 4) is 0 Å². The van der Waals surface area contributed by atoms with Crippen LogP contribution in [-0.2, 0) is 9.84 Å². The molecule has 1 aromatic rings. The second-order valence-corrected chi connectivity index (χ2v) is 9.75. The predicted octanol–water partition coefficient (Wildman–Crippen LogP) is 2.74. The molecule has 0 spiro atoms. The number of hydrogen-bond acceptors (Lipinski definition) is 4. The summed E-state index contributed by atoms with van der Waals surface area (Å²) in [5, 5.41) is 16.0. The van der Waals surface area contributed by atoms with Gasteiger partial charge in [-0.25, -0.2) is 8.42 Å². The number of nitrogens with zero attached hydrogens (tertiary/aromatic N) is 1. The second kappa shape index (κ2) is 11.4. The lowest BCUT2D eigenvalue weighted by Gasteiger charge is -2.35. The number of benzene rings is 1. The molecule has 6 nitrogen and oxygen atoms in total. The Morgan fingerprint density at radius 2 is 1.86 bits per heavy atom. The van der Waals surface area contributed by atoms with Crippen molar-refractivity contribution >= 4 is 15.8 Å². The molecule has 0 bridgehead atoms. The van der Waals surface area contributed by atoms with Gasteiger partial charge in [-0.2, -0.15) is 0 Å². The minimum atomic E-state index is -3.25. The number of nitrogens with one attached hydrogen (secondary N) is 2. The van der Waals surface area contributed by atoms with E-state index in [0.29, 0.717) is 24.4 Å². The van der Waals surface area contributed by atoms with Crippen LogP contribution in [0.4, 0.5) is 0 Å². The summed E-state index contributed by atoms with van der Waals surface area (Å²) in [5.74, 6) is 0.834. The number of aliphatic hydroxyl groups excluding tert-OH is 1. The number of hydrogen-bond donors (Lipinski definition) is 3. The zero-order valence-corrected chi connectivity index (χ0v) is 17.8. The molecule has 1 aromatic carbocycles. The molecule has 0 saturated heterocycles. The van der Waals surface area contributed by atoms with Gasteiger partial charge >= 0.3 is 0 Å². The summed E-state index contributed by atoms with van der Waals surface area (Å²) >= 11 is 0. The van der Waals surface area contributed by atoms with Crippen molar-refractivity contribution in [1.29, 1.82) is 0 Å². The largest absolute Gasteiger partial charge is 0.396 e. The minimum Gasteiger partial charge on any atom is -0.396 e. The SMILES string of the molecule is CCNC(=NCC1(CCO)CCCCC1)NCCCS(=O)(=O)c1ccccc1. The Labute approximate surface area is 169 Å². The van der Waals surface area contributed by atoms with Gasteiger partial charge in [0.25, 0.3) is 0 Å². The smallest absolute Gasteiger partial charge is 0.191 e. The molecule has 0 aliphatic heterocycles. The lowest BCUT2D eigenvalue weighted by molar-refractivity contribution is 0.137. The molecule has 0 atom stereocenters. The van der Waals surface area contributed by atoms with E-state index in [4.69, 9.17) is 4.99 Å². The first-order valence-electron chi connectivity index (χ1n) is 10.4. The molecule has 1 aliphatic rings. The van der Waals surface area contributed by atoms with Gasteiger partial charge in [0.1, 0.15) is 0 Å². The molecule has 0 radical (unpaired) electrons. The van der Waals surface area contributed by atoms with E-state index in [1.165, 1.54) is 19.3 Å². The monoisotopic (exact) mass is 409 g/mol. The van der Waals surface area contributed by atoms with Gasteiger partial charge in [0.2, 0.25) is 0 Å². The van der Waals surface area contributed by atoms with Crippen LogP contribution < -0.4 is 10.6 Å². The topological polar surface area (TPSA) is 90.8 Å². The van der Waals surface area contributed by atoms with Gasteiger partial charge in [-0.05, 0) is 50.2 Å². The highest BCUT2D eigenvalue weighted by molar-refractivity contribution is 7.91. The van der Waals surface area contributed by atoms with Crippen LogP contribution in [0.1, 0.15) is 51.9 Å². The fraction of sp³-hybridized carbons (Fsp3) is 0.667. The maximum atomic E-state index is 12.4. The van der Waals surface area contributed by atoms with Gasteiger partial charge in [0, 0.05) is 26.2 Å². The Kier molecular flexibility index (Phi) is 9.25. The molecule has 0 amide bonds. The van der Waals surface area contributed by atoms with E-state index in [0.717, 1.165) is 31.8 Å². The van der Waals surface area contributed by atoms with Crippen LogP contribution in [0.5, 0.6) is 0 Å². The van der Waals surface area contributed by atoms with Crippen LogP contribution in [0, 0.1) is 5.41 Å². The second-order valence-electron chi connectivity index (χ2n) is 7.64. The third-order valence-electron chi connectivity index (χ3n) is 5.46. The van der Waals surface area contributed by atoms with Crippen molar-refractivity contribution in [3.63, 3.8) is 0 Å². The van der Waals surface area contributed by atoms with E-state index >= 15 is 0 Å². The molecule has 28 heavy (non-hydrogen) atoms. The molecule has 2 rings (SSSR count). The fourth-order valence-electron chi connectivity index (χ4n) is 3.83. The number of sulfone groups is 1. The number of rotatable bonds is 10. The van der Waals surface area contributed by atoms with Crippen molar-refractivity contribution in [1.82, 2.24) is 10.6 Å². The van der Waals surface area contributed by atoms with Crippen LogP contribution in [0.3, 0.4) is 0 Å². The molecular formula is C21H35N3O3S. The molecule has 0 aromatic heterocycles. The van der Waals surface area contributed by atoms with E-state index < -0.39 is 9.84 Å². The Morgan fingerprint density at radius 3 is 2.50 bits per heavy atom. The predicted molar refractivity (Wildman–Crippen MR) is 114 cm³/mol. The highest BCUT2D eigenvalue weighted by atomic mass is 32.2. The standard InChI is InChI=1S/C21H35N3O3S/c1-2-22-20(24-18-21(14-16-25)12-7-4-8-13-21)23-15-9-17-28(26,27)19-10-5-3-6-11-19/h3,5-6,10-11,25H,2,4,7-9,12-18H2,1H3,(H2,22,23,24). The maximum Gasteiger partial charge on any atom is 0.191 e. The van der Waals surface area contributed by atoms with Crippen molar-refractivity contribution in [2.45, 2.75) is 56.8 Å². The highest BCUT2D eigenvalue weighted by Gasteiger charge is 2.31. The molecule has 1 saturated carbocycles. The Balaban J connectivity index is 1.87. The summed E-state index contributed by atoms with van der Waals surface area (Å²) in [4.78, 5) is 5.13. The first-order chi connectivity index (χ1) is 13.5. The molecule has 158 valence electrons. The van der Waals surface area contributed by atoms with E-state index in [1.807, 2.05) is 13.0 Å². The summed E-state index contributed by atoms with van der Waals surface area (Å²) in [6, 6.07) is 8.58. The van der Waals surface area contributed by atoms with Crippen LogP contribution in [0.2, 0.25) is 0 Å². The molecule has 0 unspecified atom stereocenters. The zero-order valence-electron chi connectivity index (χ0n) is 17.0. The lowest BCUT2D eigenvalue weighted by Crippen LogP contribution is -2.39. The molecule has 7 heteroatoms. The summed E-state index contributed by atoms with van der Waals surface area (Å²) in [7, 11) is -3.25. The lowest BCUT2D eigenvalue weighted by atomic mass is 9.72. The minimum absolute atomic E-state index is 0.103. The van der Waals surface area contributed by atoms with Gasteiger partial charge in [0.15, 0.2) is 15.8 Å². The Morgan fingerprint density at radius 1 is 1.14 bits per heavy atom. The van der Waals surface area contributed by atoms with Crippen LogP contribution in [-0.4, -0.2) is 51.5 Å². The number of aliphatic imine (C=N–C) groups is 1. The molecular weight excluding hydrogens is 374 g/mol. The third kappa shape index (κ3) is 7.09. The summed E-state index contributed by atoms with van der Waals surface area (Å²) < 4.78 is 24.7. The van der Waals surface area contributed by atoms with Crippen molar-refractivity contribution in [2.75, 3.05) is 32.0 Å². The molecule has 3 N–H and O–H groups in total. The van der Waals surface area contributed by atoms with Crippen LogP contribution in [0.25, 0.3) is 0 Å². The van der Waals surface area contributed by atoms with Crippen LogP contribution in [0.15, 0.2) is 40.2 Å². The van der Waals surface area contributed by atoms with Gasteiger partial charge in [-0.3, -0.25) is 4.99 Å². The average Bonchev–Trinajstić information content (AvgIpc) is 2.71. The normalized spacial score (nSPS) is 17.3. The summed E-state index contributed by atoms with van der Waals surface area (Å²) in [6.45, 7) is 4.22. The molecule has 1 aliphatic carbocycles. The quantitative estimate of drug-likeness (QED) is 0.314. The highest BCUT2D eigenvalue weighted by Crippen LogP contribution is 2.39. The van der Waals surface area contributed by atoms with E-state index in [2.05, 4.69) is 10.6 Å². The van der Waals surface area contributed by atoms with E-state index in [9.17, 15) is 13.5 Å². The van der Waals surface area contributed by atoms with Crippen molar-refractivity contribution in [3.05, 3.63) is 30.3 Å². The van der Waals surface area contributed by atoms with Crippen molar-refractivity contribution in [2.24, 2.45) is 10.4 Å². The maximum absolute atomic E-state index is 12.4. The number of guanidine groups is 1. The Bertz CT molecular complexity index is 693. The zero-order chi connectivity index (χ0) is 20.3. The first kappa shape index (κ1) is 22.7. The van der Waals surface area contributed by atoms with Gasteiger partial charge in [-0.1, -0.05) is 37.5 Å². The van der Waals surface area contributed by atoms with Crippen molar-refractivity contribution < 1.29 is 13.5 Å².